The normalized spacial score (nSPS) is 10.7. The zero-order valence-corrected chi connectivity index (χ0v) is 11.9. The molecule has 1 N–H and O–H groups in total. The number of rotatable bonds is 3. The van der Waals surface area contributed by atoms with Crippen LogP contribution in [0.1, 0.15) is 10.4 Å². The van der Waals surface area contributed by atoms with Gasteiger partial charge in [0, 0.05) is 0 Å². The van der Waals surface area contributed by atoms with Gasteiger partial charge in [-0.2, -0.15) is 0 Å². The number of aromatic nitrogens is 1. The van der Waals surface area contributed by atoms with Crippen molar-refractivity contribution in [2.24, 2.45) is 0 Å². The first-order valence-corrected chi connectivity index (χ1v) is 6.92. The molecular formula is C15H11NO4S. The van der Waals surface area contributed by atoms with Gasteiger partial charge in [0.25, 0.3) is 5.56 Å². The average molecular weight is 301 g/mol. The van der Waals surface area contributed by atoms with Crippen LogP contribution in [0.5, 0.6) is 5.75 Å². The van der Waals surface area contributed by atoms with Crippen molar-refractivity contribution in [1.29, 1.82) is 0 Å². The van der Waals surface area contributed by atoms with Gasteiger partial charge in [0.05, 0.1) is 22.8 Å². The largest absolute Gasteiger partial charge is 0.495 e. The Balaban J connectivity index is 2.31. The van der Waals surface area contributed by atoms with Gasteiger partial charge in [0.15, 0.2) is 0 Å². The molecule has 0 aliphatic heterocycles. The Morgan fingerprint density at radius 3 is 2.67 bits per heavy atom. The lowest BCUT2D eigenvalue weighted by Crippen LogP contribution is -2.12. The molecule has 0 unspecified atom stereocenters. The molecule has 2 aromatic carbocycles. The number of nitrogens with zero attached hydrogens (tertiary/aromatic N) is 1. The first-order valence-electron chi connectivity index (χ1n) is 6.14. The molecule has 5 nitrogen and oxygen atoms in total. The van der Waals surface area contributed by atoms with E-state index in [0.29, 0.717) is 16.8 Å². The number of hydrogen-bond acceptors (Lipinski definition) is 4. The van der Waals surface area contributed by atoms with Crippen molar-refractivity contribution in [3.63, 3.8) is 0 Å². The van der Waals surface area contributed by atoms with Gasteiger partial charge in [-0.1, -0.05) is 23.7 Å². The van der Waals surface area contributed by atoms with Gasteiger partial charge in [0.1, 0.15) is 11.4 Å². The highest BCUT2D eigenvalue weighted by Crippen LogP contribution is 2.27. The molecule has 0 saturated carbocycles. The van der Waals surface area contributed by atoms with E-state index in [1.807, 2.05) is 12.1 Å². The van der Waals surface area contributed by atoms with Crippen LogP contribution in [0, 0.1) is 0 Å². The van der Waals surface area contributed by atoms with Gasteiger partial charge in [-0.05, 0) is 30.3 Å². The highest BCUT2D eigenvalue weighted by atomic mass is 32.1. The van der Waals surface area contributed by atoms with Gasteiger partial charge < -0.3 is 9.84 Å². The third-order valence-electron chi connectivity index (χ3n) is 3.14. The maximum Gasteiger partial charge on any atom is 0.335 e. The lowest BCUT2D eigenvalue weighted by Gasteiger charge is -2.08. The van der Waals surface area contributed by atoms with Crippen LogP contribution in [-0.4, -0.2) is 22.1 Å². The van der Waals surface area contributed by atoms with Crippen LogP contribution < -0.4 is 10.3 Å². The predicted molar refractivity (Wildman–Crippen MR) is 80.9 cm³/mol. The van der Waals surface area contributed by atoms with Crippen molar-refractivity contribution in [2.75, 3.05) is 7.11 Å². The molecule has 0 aliphatic carbocycles. The molecule has 0 saturated heterocycles. The number of fused-ring (bicyclic) bond motifs is 1. The van der Waals surface area contributed by atoms with Crippen molar-refractivity contribution in [2.45, 2.75) is 0 Å². The Bertz CT molecular complexity index is 894. The number of carboxylic acids is 1. The summed E-state index contributed by atoms with van der Waals surface area (Å²) in [6.45, 7) is 0. The number of aromatic carboxylic acids is 1. The molecule has 1 aromatic heterocycles. The summed E-state index contributed by atoms with van der Waals surface area (Å²) in [6, 6.07) is 11.7. The van der Waals surface area contributed by atoms with Crippen LogP contribution in [0.25, 0.3) is 15.8 Å². The van der Waals surface area contributed by atoms with E-state index in [0.717, 1.165) is 4.70 Å². The van der Waals surface area contributed by atoms with Gasteiger partial charge in [-0.15, -0.1) is 0 Å². The molecule has 3 rings (SSSR count). The summed E-state index contributed by atoms with van der Waals surface area (Å²) >= 11 is 1.26. The second kappa shape index (κ2) is 5.06. The van der Waals surface area contributed by atoms with Crippen molar-refractivity contribution in [3.8, 4) is 11.4 Å². The van der Waals surface area contributed by atoms with E-state index in [2.05, 4.69) is 0 Å². The van der Waals surface area contributed by atoms with Gasteiger partial charge in [-0.3, -0.25) is 4.79 Å². The Hall–Kier alpha value is -2.60. The van der Waals surface area contributed by atoms with Crippen molar-refractivity contribution >= 4 is 27.6 Å². The second-order valence-corrected chi connectivity index (χ2v) is 5.37. The molecule has 106 valence electrons. The van der Waals surface area contributed by atoms with E-state index < -0.39 is 5.97 Å². The lowest BCUT2D eigenvalue weighted by atomic mass is 10.2. The molecule has 0 radical (unpaired) electrons. The molecule has 0 amide bonds. The fraction of sp³-hybridized carbons (Fsp3) is 0.0667. The van der Waals surface area contributed by atoms with Crippen LogP contribution >= 0.6 is 11.5 Å². The van der Waals surface area contributed by atoms with E-state index in [1.165, 1.54) is 34.7 Å². The van der Waals surface area contributed by atoms with Crippen LogP contribution in [0.4, 0.5) is 0 Å². The highest BCUT2D eigenvalue weighted by molar-refractivity contribution is 7.14. The van der Waals surface area contributed by atoms with Crippen LogP contribution in [0.15, 0.2) is 47.3 Å². The summed E-state index contributed by atoms with van der Waals surface area (Å²) in [6.07, 6.45) is 0. The number of methoxy groups -OCH3 is 1. The molecule has 21 heavy (non-hydrogen) atoms. The van der Waals surface area contributed by atoms with E-state index >= 15 is 0 Å². The molecule has 1 heterocycles. The molecular weight excluding hydrogens is 290 g/mol. The summed E-state index contributed by atoms with van der Waals surface area (Å²) in [5, 5.41) is 9.71. The van der Waals surface area contributed by atoms with Crippen LogP contribution in [-0.2, 0) is 0 Å². The smallest absolute Gasteiger partial charge is 0.335 e. The minimum Gasteiger partial charge on any atom is -0.495 e. The maximum absolute atomic E-state index is 12.4. The first-order chi connectivity index (χ1) is 10.1. The third kappa shape index (κ3) is 2.19. The van der Waals surface area contributed by atoms with E-state index in [1.54, 1.807) is 18.2 Å². The zero-order chi connectivity index (χ0) is 15.0. The Morgan fingerprint density at radius 2 is 2.00 bits per heavy atom. The number of benzene rings is 2. The Kier molecular flexibility index (Phi) is 3.23. The first kappa shape index (κ1) is 13.4. The topological polar surface area (TPSA) is 68.5 Å². The van der Waals surface area contributed by atoms with Gasteiger partial charge in [-0.25, -0.2) is 8.75 Å². The molecule has 6 heteroatoms. The summed E-state index contributed by atoms with van der Waals surface area (Å²) < 4.78 is 7.53. The van der Waals surface area contributed by atoms with Crippen molar-refractivity contribution in [3.05, 3.63) is 58.4 Å². The molecule has 0 aliphatic rings. The SMILES string of the molecule is COc1ccc(C(=O)O)cc1-n1sc2ccccc2c1=O. The monoisotopic (exact) mass is 301 g/mol. The number of carboxylic acid groups (broad SMARTS) is 1. The summed E-state index contributed by atoms with van der Waals surface area (Å²) in [5.41, 5.74) is 0.357. The Labute approximate surface area is 123 Å². The third-order valence-corrected chi connectivity index (χ3v) is 4.23. The summed E-state index contributed by atoms with van der Waals surface area (Å²) in [4.78, 5) is 23.6. The average Bonchev–Trinajstić information content (AvgIpc) is 2.84. The zero-order valence-electron chi connectivity index (χ0n) is 11.1. The van der Waals surface area contributed by atoms with Gasteiger partial charge >= 0.3 is 5.97 Å². The predicted octanol–water partition coefficient (Wildman–Crippen LogP) is 2.76. The summed E-state index contributed by atoms with van der Waals surface area (Å²) in [7, 11) is 1.48. The van der Waals surface area contributed by atoms with Crippen LogP contribution in [0.3, 0.4) is 0 Å². The van der Waals surface area contributed by atoms with E-state index in [9.17, 15) is 9.59 Å². The van der Waals surface area contributed by atoms with Crippen LogP contribution in [0.2, 0.25) is 0 Å². The Morgan fingerprint density at radius 1 is 1.24 bits per heavy atom. The van der Waals surface area contributed by atoms with Crippen molar-refractivity contribution < 1.29 is 14.6 Å². The fourth-order valence-electron chi connectivity index (χ4n) is 2.11. The van der Waals surface area contributed by atoms with Gasteiger partial charge in [0.2, 0.25) is 0 Å². The molecule has 0 bridgehead atoms. The maximum atomic E-state index is 12.4. The summed E-state index contributed by atoms with van der Waals surface area (Å²) in [5.74, 6) is -0.596. The fourth-order valence-corrected chi connectivity index (χ4v) is 3.12. The van der Waals surface area contributed by atoms with E-state index in [4.69, 9.17) is 9.84 Å². The van der Waals surface area contributed by atoms with Crippen molar-refractivity contribution in [1.82, 2.24) is 3.96 Å². The molecule has 0 spiro atoms. The molecule has 3 aromatic rings. The quantitative estimate of drug-likeness (QED) is 0.807. The lowest BCUT2D eigenvalue weighted by molar-refractivity contribution is 0.0697. The highest BCUT2D eigenvalue weighted by Gasteiger charge is 2.15. The number of carbonyl (C=O) groups is 1. The standard InChI is InChI=1S/C15H11NO4S/c1-20-12-7-6-9(15(18)19)8-11(12)16-14(17)10-4-2-3-5-13(10)21-16/h2-8H,1H3,(H,18,19). The number of ether oxygens (including phenoxy) is 1. The second-order valence-electron chi connectivity index (χ2n) is 4.38. The molecule has 0 fully saturated rings. The minimum atomic E-state index is -1.05. The molecule has 0 atom stereocenters. The van der Waals surface area contributed by atoms with E-state index in [-0.39, 0.29) is 11.1 Å². The number of hydrogen-bond donors (Lipinski definition) is 1. The minimum absolute atomic E-state index is 0.107.